The second kappa shape index (κ2) is 4.85. The fourth-order valence-electron chi connectivity index (χ4n) is 3.30. The number of likely N-dealkylation sites (tertiary alicyclic amines) is 1. The summed E-state index contributed by atoms with van der Waals surface area (Å²) in [5.41, 5.74) is 1.44. The topological polar surface area (TPSA) is 52.6 Å². The van der Waals surface area contributed by atoms with Crippen molar-refractivity contribution in [1.29, 1.82) is 0 Å². The number of carbonyl (C=O) groups is 1. The summed E-state index contributed by atoms with van der Waals surface area (Å²) < 4.78 is 0. The fourth-order valence-corrected chi connectivity index (χ4v) is 3.30. The smallest absolute Gasteiger partial charge is 0.257 e. The van der Waals surface area contributed by atoms with Crippen LogP contribution >= 0.6 is 0 Å². The van der Waals surface area contributed by atoms with Crippen LogP contribution in [-0.2, 0) is 0 Å². The quantitative estimate of drug-likeness (QED) is 0.805. The van der Waals surface area contributed by atoms with Crippen molar-refractivity contribution in [3.63, 3.8) is 0 Å². The number of amides is 1. The van der Waals surface area contributed by atoms with Gasteiger partial charge in [-0.2, -0.15) is 0 Å². The van der Waals surface area contributed by atoms with Gasteiger partial charge in [-0.1, -0.05) is 11.6 Å². The highest BCUT2D eigenvalue weighted by molar-refractivity contribution is 5.97. The highest BCUT2D eigenvalue weighted by atomic mass is 16.3. The summed E-state index contributed by atoms with van der Waals surface area (Å²) in [6.07, 6.45) is 2.25. The normalized spacial score (nSPS) is 26.3. The van der Waals surface area contributed by atoms with Crippen LogP contribution in [0.25, 0.3) is 0 Å². The first kappa shape index (κ1) is 12.5. The summed E-state index contributed by atoms with van der Waals surface area (Å²) in [7, 11) is 0. The summed E-state index contributed by atoms with van der Waals surface area (Å²) in [5, 5.41) is 13.3. The Morgan fingerprint density at radius 2 is 2.26 bits per heavy atom. The van der Waals surface area contributed by atoms with E-state index in [2.05, 4.69) is 5.32 Å². The van der Waals surface area contributed by atoms with Crippen LogP contribution in [0, 0.1) is 12.8 Å². The number of nitrogens with zero attached hydrogens (tertiary/aromatic N) is 1. The number of aromatic hydroxyl groups is 1. The Morgan fingerprint density at radius 1 is 1.42 bits per heavy atom. The molecule has 0 aliphatic carbocycles. The Morgan fingerprint density at radius 3 is 3.11 bits per heavy atom. The highest BCUT2D eigenvalue weighted by Gasteiger charge is 2.38. The standard InChI is InChI=1S/C15H20N2O2/c1-10-4-5-14(18)12(7-10)15(19)17-6-2-3-11-8-16-9-13(11)17/h4-5,7,11,13,16,18H,2-3,6,8-9H2,1H3. The number of fused-ring (bicyclic) bond motifs is 1. The van der Waals surface area contributed by atoms with Crippen LogP contribution in [-0.4, -0.2) is 41.6 Å². The van der Waals surface area contributed by atoms with E-state index < -0.39 is 0 Å². The lowest BCUT2D eigenvalue weighted by molar-refractivity contribution is 0.0571. The number of aryl methyl sites for hydroxylation is 1. The Labute approximate surface area is 113 Å². The van der Waals surface area contributed by atoms with Crippen LogP contribution in [0.4, 0.5) is 0 Å². The predicted octanol–water partition coefficient (Wildman–Crippen LogP) is 1.52. The minimum atomic E-state index is -0.0281. The molecule has 2 fully saturated rings. The highest BCUT2D eigenvalue weighted by Crippen LogP contribution is 2.29. The SMILES string of the molecule is Cc1ccc(O)c(C(=O)N2CCCC3CNCC32)c1. The van der Waals surface area contributed by atoms with Crippen molar-refractivity contribution in [2.24, 2.45) is 5.92 Å². The first-order valence-corrected chi connectivity index (χ1v) is 6.98. The number of hydrogen-bond acceptors (Lipinski definition) is 3. The number of carbonyl (C=O) groups excluding carboxylic acids is 1. The Kier molecular flexibility index (Phi) is 3.19. The largest absolute Gasteiger partial charge is 0.507 e. The molecule has 2 N–H and O–H groups in total. The third kappa shape index (κ3) is 2.21. The number of phenols is 1. The van der Waals surface area contributed by atoms with Gasteiger partial charge < -0.3 is 15.3 Å². The molecule has 102 valence electrons. The molecular formula is C15H20N2O2. The lowest BCUT2D eigenvalue weighted by atomic mass is 9.91. The van der Waals surface area contributed by atoms with E-state index in [-0.39, 0.29) is 11.7 Å². The Hall–Kier alpha value is -1.55. The molecule has 0 aromatic heterocycles. The van der Waals surface area contributed by atoms with Gasteiger partial charge in [0.05, 0.1) is 5.56 Å². The van der Waals surface area contributed by atoms with E-state index in [1.165, 1.54) is 6.42 Å². The van der Waals surface area contributed by atoms with Crippen molar-refractivity contribution >= 4 is 5.91 Å². The average Bonchev–Trinajstić information content (AvgIpc) is 2.89. The summed E-state index contributed by atoms with van der Waals surface area (Å²) >= 11 is 0. The summed E-state index contributed by atoms with van der Waals surface area (Å²) in [6.45, 7) is 4.62. The first-order chi connectivity index (χ1) is 9.16. The van der Waals surface area contributed by atoms with Crippen molar-refractivity contribution in [2.45, 2.75) is 25.8 Å². The molecule has 1 aromatic rings. The van der Waals surface area contributed by atoms with Gasteiger partial charge in [-0.05, 0) is 37.8 Å². The van der Waals surface area contributed by atoms with Gasteiger partial charge in [0.15, 0.2) is 0 Å². The van der Waals surface area contributed by atoms with Gasteiger partial charge in [0.2, 0.25) is 0 Å². The van der Waals surface area contributed by atoms with E-state index in [1.807, 2.05) is 17.9 Å². The second-order valence-corrected chi connectivity index (χ2v) is 5.65. The summed E-state index contributed by atoms with van der Waals surface area (Å²) in [4.78, 5) is 14.6. The minimum absolute atomic E-state index is 0.0281. The lowest BCUT2D eigenvalue weighted by Crippen LogP contribution is -2.48. The molecule has 2 aliphatic heterocycles. The van der Waals surface area contributed by atoms with Gasteiger partial charge >= 0.3 is 0 Å². The van der Waals surface area contributed by atoms with Crippen LogP contribution in [0.15, 0.2) is 18.2 Å². The number of rotatable bonds is 1. The number of piperidine rings is 1. The van der Waals surface area contributed by atoms with E-state index in [0.717, 1.165) is 31.6 Å². The van der Waals surface area contributed by atoms with E-state index >= 15 is 0 Å². The minimum Gasteiger partial charge on any atom is -0.507 e. The first-order valence-electron chi connectivity index (χ1n) is 6.98. The second-order valence-electron chi connectivity index (χ2n) is 5.65. The van der Waals surface area contributed by atoms with Gasteiger partial charge in [-0.3, -0.25) is 4.79 Å². The molecule has 2 aliphatic rings. The molecule has 1 amide bonds. The van der Waals surface area contributed by atoms with Gasteiger partial charge in [0.25, 0.3) is 5.91 Å². The molecule has 4 heteroatoms. The van der Waals surface area contributed by atoms with Crippen LogP contribution in [0.1, 0.15) is 28.8 Å². The van der Waals surface area contributed by atoms with Gasteiger partial charge in [0.1, 0.15) is 5.75 Å². The molecule has 0 saturated carbocycles. The number of phenolic OH excluding ortho intramolecular Hbond substituents is 1. The van der Waals surface area contributed by atoms with Crippen LogP contribution in [0.5, 0.6) is 5.75 Å². The van der Waals surface area contributed by atoms with E-state index in [4.69, 9.17) is 0 Å². The van der Waals surface area contributed by atoms with Crippen LogP contribution in [0.2, 0.25) is 0 Å². The molecule has 0 bridgehead atoms. The molecule has 2 heterocycles. The van der Waals surface area contributed by atoms with Crippen molar-refractivity contribution < 1.29 is 9.90 Å². The van der Waals surface area contributed by atoms with Gasteiger partial charge in [-0.25, -0.2) is 0 Å². The molecule has 0 spiro atoms. The van der Waals surface area contributed by atoms with E-state index in [9.17, 15) is 9.90 Å². The molecule has 2 atom stereocenters. The molecule has 2 unspecified atom stereocenters. The summed E-state index contributed by atoms with van der Waals surface area (Å²) in [5.74, 6) is 0.632. The summed E-state index contributed by atoms with van der Waals surface area (Å²) in [6, 6.07) is 5.50. The number of nitrogens with one attached hydrogen (secondary N) is 1. The Balaban J connectivity index is 1.88. The number of benzene rings is 1. The fraction of sp³-hybridized carbons (Fsp3) is 0.533. The maximum atomic E-state index is 12.7. The number of hydrogen-bond donors (Lipinski definition) is 2. The van der Waals surface area contributed by atoms with Crippen molar-refractivity contribution in [1.82, 2.24) is 10.2 Å². The molecule has 4 nitrogen and oxygen atoms in total. The Bertz CT molecular complexity index is 501. The maximum absolute atomic E-state index is 12.7. The average molecular weight is 260 g/mol. The monoisotopic (exact) mass is 260 g/mol. The van der Waals surface area contributed by atoms with Crippen molar-refractivity contribution in [3.05, 3.63) is 29.3 Å². The maximum Gasteiger partial charge on any atom is 0.257 e. The third-order valence-corrected chi connectivity index (χ3v) is 4.32. The zero-order chi connectivity index (χ0) is 13.4. The molecule has 0 radical (unpaired) electrons. The molecule has 1 aromatic carbocycles. The molecular weight excluding hydrogens is 240 g/mol. The van der Waals surface area contributed by atoms with Crippen LogP contribution < -0.4 is 5.32 Å². The van der Waals surface area contributed by atoms with Crippen molar-refractivity contribution in [3.8, 4) is 5.75 Å². The van der Waals surface area contributed by atoms with Gasteiger partial charge in [-0.15, -0.1) is 0 Å². The van der Waals surface area contributed by atoms with E-state index in [1.54, 1.807) is 12.1 Å². The predicted molar refractivity (Wildman–Crippen MR) is 73.3 cm³/mol. The molecule has 2 saturated heterocycles. The van der Waals surface area contributed by atoms with Gasteiger partial charge in [0, 0.05) is 25.7 Å². The zero-order valence-electron chi connectivity index (χ0n) is 11.2. The zero-order valence-corrected chi connectivity index (χ0v) is 11.2. The van der Waals surface area contributed by atoms with Crippen molar-refractivity contribution in [2.75, 3.05) is 19.6 Å². The van der Waals surface area contributed by atoms with Crippen LogP contribution in [0.3, 0.4) is 0 Å². The lowest BCUT2D eigenvalue weighted by Gasteiger charge is -2.37. The third-order valence-electron chi connectivity index (χ3n) is 4.32. The molecule has 19 heavy (non-hydrogen) atoms. The van der Waals surface area contributed by atoms with E-state index in [0.29, 0.717) is 17.5 Å². The molecule has 3 rings (SSSR count).